The highest BCUT2D eigenvalue weighted by atomic mass is 32.2. The Balaban J connectivity index is 1.64. The van der Waals surface area contributed by atoms with Gasteiger partial charge in [0.15, 0.2) is 0 Å². The van der Waals surface area contributed by atoms with Crippen LogP contribution in [0, 0.1) is 0 Å². The van der Waals surface area contributed by atoms with E-state index in [1.54, 1.807) is 11.3 Å². The molecule has 0 amide bonds. The van der Waals surface area contributed by atoms with Crippen molar-refractivity contribution in [1.29, 1.82) is 0 Å². The van der Waals surface area contributed by atoms with E-state index in [1.807, 2.05) is 33.2 Å². The average Bonchev–Trinajstić information content (AvgIpc) is 3.24. The van der Waals surface area contributed by atoms with Gasteiger partial charge in [0.2, 0.25) is 10.0 Å². The Morgan fingerprint density at radius 3 is 2.43 bits per heavy atom. The van der Waals surface area contributed by atoms with Gasteiger partial charge in [-0.1, -0.05) is 6.07 Å². The van der Waals surface area contributed by atoms with Gasteiger partial charge in [0, 0.05) is 42.3 Å². The van der Waals surface area contributed by atoms with Gasteiger partial charge in [-0.3, -0.25) is 4.31 Å². The first-order valence-corrected chi connectivity index (χ1v) is 11.8. The van der Waals surface area contributed by atoms with Crippen LogP contribution in [0.5, 0.6) is 0 Å². The van der Waals surface area contributed by atoms with Crippen LogP contribution < -0.4 is 9.21 Å². The Hall–Kier alpha value is -2.38. The molecule has 5 nitrogen and oxygen atoms in total. The van der Waals surface area contributed by atoms with E-state index in [2.05, 4.69) is 40.6 Å². The number of anilines is 2. The predicted octanol–water partition coefficient (Wildman–Crippen LogP) is 4.25. The van der Waals surface area contributed by atoms with E-state index in [0.717, 1.165) is 45.2 Å². The Morgan fingerprint density at radius 2 is 1.79 bits per heavy atom. The molecule has 1 atom stereocenters. The molecule has 3 aromatic rings. The number of rotatable bonds is 4. The number of benzene rings is 2. The minimum atomic E-state index is -3.27. The van der Waals surface area contributed by atoms with Gasteiger partial charge in [-0.15, -0.1) is 11.3 Å². The summed E-state index contributed by atoms with van der Waals surface area (Å²) in [7, 11) is 0.780. The second-order valence-electron chi connectivity index (χ2n) is 7.43. The van der Waals surface area contributed by atoms with Crippen molar-refractivity contribution in [2.75, 3.05) is 29.6 Å². The van der Waals surface area contributed by atoms with Gasteiger partial charge < -0.3 is 4.90 Å². The molecule has 4 rings (SSSR count). The van der Waals surface area contributed by atoms with Crippen LogP contribution in [-0.2, 0) is 16.4 Å². The van der Waals surface area contributed by atoms with Crippen molar-refractivity contribution in [3.05, 3.63) is 53.4 Å². The van der Waals surface area contributed by atoms with E-state index in [4.69, 9.17) is 4.98 Å². The maximum Gasteiger partial charge on any atom is 0.232 e. The van der Waals surface area contributed by atoms with Gasteiger partial charge in [-0.25, -0.2) is 13.4 Å². The summed E-state index contributed by atoms with van der Waals surface area (Å²) >= 11 is 1.62. The molecule has 2 aromatic carbocycles. The van der Waals surface area contributed by atoms with Crippen molar-refractivity contribution >= 4 is 32.7 Å². The van der Waals surface area contributed by atoms with E-state index in [0.29, 0.717) is 0 Å². The van der Waals surface area contributed by atoms with Crippen LogP contribution in [0.25, 0.3) is 21.8 Å². The summed E-state index contributed by atoms with van der Waals surface area (Å²) < 4.78 is 25.7. The second-order valence-corrected chi connectivity index (χ2v) is 10.2. The van der Waals surface area contributed by atoms with Crippen LogP contribution in [0.3, 0.4) is 0 Å². The first kappa shape index (κ1) is 19.0. The van der Waals surface area contributed by atoms with Gasteiger partial charge >= 0.3 is 0 Å². The number of hydrogen-bond acceptors (Lipinski definition) is 5. The standard InChI is InChI=1S/C21H23N3O2S2/c1-14-11-17-12-16(7-10-20(17)24(14)28(4,25)26)19-13-27-21(22-19)15-5-8-18(9-6-15)23(2)3/h5-10,12-14H,11H2,1-4H3. The first-order valence-electron chi connectivity index (χ1n) is 9.10. The molecule has 0 N–H and O–H groups in total. The largest absolute Gasteiger partial charge is 0.378 e. The van der Waals surface area contributed by atoms with Crippen molar-refractivity contribution < 1.29 is 8.42 Å². The summed E-state index contributed by atoms with van der Waals surface area (Å²) in [6.45, 7) is 1.94. The van der Waals surface area contributed by atoms with E-state index in [9.17, 15) is 8.42 Å². The molecule has 146 valence electrons. The maximum atomic E-state index is 12.1. The van der Waals surface area contributed by atoms with E-state index in [-0.39, 0.29) is 6.04 Å². The predicted molar refractivity (Wildman–Crippen MR) is 118 cm³/mol. The van der Waals surface area contributed by atoms with Crippen LogP contribution in [0.15, 0.2) is 47.8 Å². The minimum absolute atomic E-state index is 0.0542. The molecule has 1 aliphatic rings. The van der Waals surface area contributed by atoms with Crippen LogP contribution in [0.1, 0.15) is 12.5 Å². The van der Waals surface area contributed by atoms with E-state index in [1.165, 1.54) is 10.6 Å². The third-order valence-electron chi connectivity index (χ3n) is 5.02. The lowest BCUT2D eigenvalue weighted by atomic mass is 10.1. The molecule has 1 aromatic heterocycles. The number of sulfonamides is 1. The number of thiazole rings is 1. The molecule has 0 spiro atoms. The number of fused-ring (bicyclic) bond motifs is 1. The highest BCUT2D eigenvalue weighted by Gasteiger charge is 2.32. The summed E-state index contributed by atoms with van der Waals surface area (Å²) in [5.74, 6) is 0. The van der Waals surface area contributed by atoms with Gasteiger partial charge in [0.1, 0.15) is 5.01 Å². The quantitative estimate of drug-likeness (QED) is 0.642. The Kier molecular flexibility index (Phi) is 4.67. The molecule has 7 heteroatoms. The van der Waals surface area contributed by atoms with Crippen molar-refractivity contribution in [2.24, 2.45) is 0 Å². The van der Waals surface area contributed by atoms with Crippen molar-refractivity contribution in [1.82, 2.24) is 4.98 Å². The zero-order valence-electron chi connectivity index (χ0n) is 16.4. The normalized spacial score (nSPS) is 16.3. The molecule has 1 unspecified atom stereocenters. The van der Waals surface area contributed by atoms with Crippen LogP contribution in [-0.4, -0.2) is 39.8 Å². The average molecular weight is 414 g/mol. The monoisotopic (exact) mass is 413 g/mol. The molecular formula is C21H23N3O2S2. The fourth-order valence-electron chi connectivity index (χ4n) is 3.71. The maximum absolute atomic E-state index is 12.1. The molecule has 0 saturated carbocycles. The van der Waals surface area contributed by atoms with Gasteiger partial charge in [0.05, 0.1) is 17.6 Å². The highest BCUT2D eigenvalue weighted by molar-refractivity contribution is 7.92. The summed E-state index contributed by atoms with van der Waals surface area (Å²) in [6.07, 6.45) is 1.99. The number of nitrogens with zero attached hydrogens (tertiary/aromatic N) is 3. The zero-order valence-corrected chi connectivity index (χ0v) is 18.0. The first-order chi connectivity index (χ1) is 13.2. The Morgan fingerprint density at radius 1 is 1.11 bits per heavy atom. The lowest BCUT2D eigenvalue weighted by Crippen LogP contribution is -2.34. The molecule has 0 bridgehead atoms. The molecule has 1 aliphatic heterocycles. The Bertz CT molecular complexity index is 1120. The molecule has 2 heterocycles. The molecular weight excluding hydrogens is 390 g/mol. The number of aromatic nitrogens is 1. The van der Waals surface area contributed by atoms with Gasteiger partial charge in [0.25, 0.3) is 0 Å². The molecule has 0 fully saturated rings. The topological polar surface area (TPSA) is 53.5 Å². The minimum Gasteiger partial charge on any atom is -0.378 e. The van der Waals surface area contributed by atoms with Crippen molar-refractivity contribution in [2.45, 2.75) is 19.4 Å². The molecule has 28 heavy (non-hydrogen) atoms. The van der Waals surface area contributed by atoms with Crippen molar-refractivity contribution in [3.63, 3.8) is 0 Å². The molecule has 0 aliphatic carbocycles. The fraction of sp³-hybridized carbons (Fsp3) is 0.286. The van der Waals surface area contributed by atoms with Crippen LogP contribution >= 0.6 is 11.3 Å². The van der Waals surface area contributed by atoms with E-state index < -0.39 is 10.0 Å². The smallest absolute Gasteiger partial charge is 0.232 e. The highest BCUT2D eigenvalue weighted by Crippen LogP contribution is 2.38. The van der Waals surface area contributed by atoms with Crippen LogP contribution in [0.4, 0.5) is 11.4 Å². The third-order valence-corrected chi connectivity index (χ3v) is 7.18. The van der Waals surface area contributed by atoms with E-state index >= 15 is 0 Å². The summed E-state index contributed by atoms with van der Waals surface area (Å²) in [5.41, 5.74) is 6.04. The Labute approximate surface area is 170 Å². The lowest BCUT2D eigenvalue weighted by molar-refractivity contribution is 0.590. The molecule has 0 saturated heterocycles. The lowest BCUT2D eigenvalue weighted by Gasteiger charge is -2.21. The number of hydrogen-bond donors (Lipinski definition) is 0. The summed E-state index contributed by atoms with van der Waals surface area (Å²) in [6, 6.07) is 14.2. The van der Waals surface area contributed by atoms with Crippen molar-refractivity contribution in [3.8, 4) is 21.8 Å². The third kappa shape index (κ3) is 3.40. The van der Waals surface area contributed by atoms with Crippen LogP contribution in [0.2, 0.25) is 0 Å². The zero-order chi connectivity index (χ0) is 20.1. The van der Waals surface area contributed by atoms with Gasteiger partial charge in [-0.2, -0.15) is 0 Å². The summed E-state index contributed by atoms with van der Waals surface area (Å²) in [4.78, 5) is 6.88. The SMILES string of the molecule is CC1Cc2cc(-c3csc(-c4ccc(N(C)C)cc4)n3)ccc2N1S(C)(=O)=O. The van der Waals surface area contributed by atoms with Gasteiger partial charge in [-0.05, 0) is 55.3 Å². The fourth-order valence-corrected chi connectivity index (χ4v) is 5.81. The summed E-state index contributed by atoms with van der Waals surface area (Å²) in [5, 5.41) is 3.04. The second kappa shape index (κ2) is 6.90. The molecule has 0 radical (unpaired) electrons.